The van der Waals surface area contributed by atoms with Crippen LogP contribution in [-0.4, -0.2) is 29.2 Å². The van der Waals surface area contributed by atoms with E-state index in [1.54, 1.807) is 0 Å². The summed E-state index contributed by atoms with van der Waals surface area (Å²) in [4.78, 5) is 11.5. The second-order valence-electron chi connectivity index (χ2n) is 6.41. The Hall–Kier alpha value is -2.14. The molecule has 1 atom stereocenters. The second-order valence-corrected chi connectivity index (χ2v) is 7.33. The first-order chi connectivity index (χ1) is 12.2. The molecule has 0 amide bonds. The van der Waals surface area contributed by atoms with Crippen LogP contribution < -0.4 is 9.64 Å². The van der Waals surface area contributed by atoms with Crippen LogP contribution in [0.5, 0.6) is 5.75 Å². The molecule has 1 aromatic carbocycles. The van der Waals surface area contributed by atoms with Crippen molar-refractivity contribution in [1.82, 2.24) is 9.97 Å². The van der Waals surface area contributed by atoms with Crippen molar-refractivity contribution in [2.24, 2.45) is 0 Å². The van der Waals surface area contributed by atoms with Crippen LogP contribution in [0.2, 0.25) is 0 Å². The molecular weight excluding hydrogens is 378 g/mol. The number of benzene rings is 1. The van der Waals surface area contributed by atoms with Crippen molar-refractivity contribution in [3.8, 4) is 5.75 Å². The number of hydrogen-bond donors (Lipinski definition) is 0. The number of rotatable bonds is 4. The van der Waals surface area contributed by atoms with Crippen molar-refractivity contribution in [2.45, 2.75) is 25.8 Å². The maximum Gasteiger partial charge on any atom is 0.119 e. The van der Waals surface area contributed by atoms with E-state index in [-0.39, 0.29) is 0 Å². The molecule has 0 aliphatic carbocycles. The smallest absolute Gasteiger partial charge is 0.119 e. The van der Waals surface area contributed by atoms with Crippen molar-refractivity contribution in [3.63, 3.8) is 0 Å². The van der Waals surface area contributed by atoms with Gasteiger partial charge in [0.15, 0.2) is 0 Å². The third kappa shape index (κ3) is 3.33. The summed E-state index contributed by atoms with van der Waals surface area (Å²) >= 11 is 3.46. The molecule has 25 heavy (non-hydrogen) atoms. The van der Waals surface area contributed by atoms with Gasteiger partial charge in [-0.2, -0.15) is 0 Å². The number of hydrogen-bond acceptors (Lipinski definition) is 4. The summed E-state index contributed by atoms with van der Waals surface area (Å²) < 4.78 is 7.10. The summed E-state index contributed by atoms with van der Waals surface area (Å²) in [5, 5.41) is 0. The maximum atomic E-state index is 6.03. The van der Waals surface area contributed by atoms with Gasteiger partial charge in [-0.3, -0.25) is 9.97 Å². The highest BCUT2D eigenvalue weighted by atomic mass is 79.9. The molecule has 0 N–H and O–H groups in total. The van der Waals surface area contributed by atoms with Crippen LogP contribution in [0.4, 0.5) is 5.69 Å². The number of pyridine rings is 2. The molecule has 2 aromatic heterocycles. The highest BCUT2D eigenvalue weighted by Crippen LogP contribution is 2.31. The van der Waals surface area contributed by atoms with Crippen LogP contribution in [-0.2, 0) is 0 Å². The van der Waals surface area contributed by atoms with Gasteiger partial charge >= 0.3 is 0 Å². The lowest BCUT2D eigenvalue weighted by molar-refractivity contribution is 0.288. The molecule has 1 saturated heterocycles. The summed E-state index contributed by atoms with van der Waals surface area (Å²) in [6.45, 7) is 3.79. The Balaban J connectivity index is 1.57. The second kappa shape index (κ2) is 7.00. The topological polar surface area (TPSA) is 38.2 Å². The first-order valence-electron chi connectivity index (χ1n) is 8.58. The van der Waals surface area contributed by atoms with E-state index in [4.69, 9.17) is 4.74 Å². The predicted molar refractivity (Wildman–Crippen MR) is 104 cm³/mol. The standard InChI is InChI=1S/C20H20BrN3O/c1-14-8-10-23-20-18(9-11-22-19(14)20)24-12-2-3-16(24)13-25-17-6-4-15(21)5-7-17/h4-11,16H,2-3,12-13H2,1H3/t16-/m0/s1. The molecule has 0 spiro atoms. The zero-order valence-corrected chi connectivity index (χ0v) is 15.7. The van der Waals surface area contributed by atoms with E-state index in [1.165, 1.54) is 6.42 Å². The van der Waals surface area contributed by atoms with Gasteiger partial charge in [0, 0.05) is 23.4 Å². The molecule has 3 heterocycles. The lowest BCUT2D eigenvalue weighted by Gasteiger charge is -2.27. The van der Waals surface area contributed by atoms with Crippen LogP contribution in [0.1, 0.15) is 18.4 Å². The van der Waals surface area contributed by atoms with Crippen molar-refractivity contribution in [1.29, 1.82) is 0 Å². The molecule has 0 bridgehead atoms. The van der Waals surface area contributed by atoms with Crippen LogP contribution >= 0.6 is 15.9 Å². The predicted octanol–water partition coefficient (Wildman–Crippen LogP) is 4.75. The molecule has 0 saturated carbocycles. The third-order valence-corrected chi connectivity index (χ3v) is 5.28. The Morgan fingerprint density at radius 3 is 2.68 bits per heavy atom. The quantitative estimate of drug-likeness (QED) is 0.636. The Kier molecular flexibility index (Phi) is 4.57. The highest BCUT2D eigenvalue weighted by Gasteiger charge is 2.27. The highest BCUT2D eigenvalue weighted by molar-refractivity contribution is 9.10. The fourth-order valence-corrected chi connectivity index (χ4v) is 3.71. The first-order valence-corrected chi connectivity index (χ1v) is 9.37. The van der Waals surface area contributed by atoms with Gasteiger partial charge in [-0.1, -0.05) is 15.9 Å². The van der Waals surface area contributed by atoms with Gasteiger partial charge in [-0.25, -0.2) is 0 Å². The number of aryl methyl sites for hydroxylation is 1. The minimum atomic E-state index is 0.358. The summed E-state index contributed by atoms with van der Waals surface area (Å²) in [6.07, 6.45) is 6.06. The van der Waals surface area contributed by atoms with Crippen LogP contribution in [0.15, 0.2) is 53.3 Å². The molecular formula is C20H20BrN3O. The summed E-state index contributed by atoms with van der Waals surface area (Å²) in [7, 11) is 0. The van der Waals surface area contributed by atoms with Crippen molar-refractivity contribution >= 4 is 32.7 Å². The molecule has 4 rings (SSSR count). The molecule has 4 nitrogen and oxygen atoms in total. The summed E-state index contributed by atoms with van der Waals surface area (Å²) in [5.74, 6) is 0.906. The van der Waals surface area contributed by atoms with Crippen molar-refractivity contribution in [2.75, 3.05) is 18.1 Å². The number of fused-ring (bicyclic) bond motifs is 1. The number of anilines is 1. The molecule has 1 aliphatic heterocycles. The van der Waals surface area contributed by atoms with Gasteiger partial charge in [0.1, 0.15) is 17.9 Å². The summed E-state index contributed by atoms with van der Waals surface area (Å²) in [6, 6.07) is 12.4. The minimum Gasteiger partial charge on any atom is -0.491 e. The average molecular weight is 398 g/mol. The van der Waals surface area contributed by atoms with E-state index < -0.39 is 0 Å². The Morgan fingerprint density at radius 1 is 1.08 bits per heavy atom. The zero-order chi connectivity index (χ0) is 17.2. The third-order valence-electron chi connectivity index (χ3n) is 4.75. The molecule has 1 aliphatic rings. The monoisotopic (exact) mass is 397 g/mol. The van der Waals surface area contributed by atoms with Crippen molar-refractivity contribution < 1.29 is 4.74 Å². The SMILES string of the molecule is Cc1ccnc2c(N3CCC[C@H]3COc3ccc(Br)cc3)ccnc12. The number of nitrogens with zero attached hydrogens (tertiary/aromatic N) is 3. The molecule has 1 fully saturated rings. The van der Waals surface area contributed by atoms with E-state index >= 15 is 0 Å². The van der Waals surface area contributed by atoms with Gasteiger partial charge in [0.2, 0.25) is 0 Å². The van der Waals surface area contributed by atoms with Gasteiger partial charge in [-0.15, -0.1) is 0 Å². The largest absolute Gasteiger partial charge is 0.491 e. The number of halogens is 1. The molecule has 0 radical (unpaired) electrons. The zero-order valence-electron chi connectivity index (χ0n) is 14.2. The van der Waals surface area contributed by atoms with E-state index in [1.807, 2.05) is 42.7 Å². The first kappa shape index (κ1) is 16.3. The lowest BCUT2D eigenvalue weighted by Crippen LogP contribution is -2.34. The maximum absolute atomic E-state index is 6.03. The fraction of sp³-hybridized carbons (Fsp3) is 0.300. The normalized spacial score (nSPS) is 17.2. The van der Waals surface area contributed by atoms with E-state index in [0.29, 0.717) is 12.6 Å². The number of aromatic nitrogens is 2. The summed E-state index contributed by atoms with van der Waals surface area (Å²) in [5.41, 5.74) is 4.29. The van der Waals surface area contributed by atoms with Gasteiger partial charge < -0.3 is 9.64 Å². The lowest BCUT2D eigenvalue weighted by atomic mass is 10.1. The Morgan fingerprint density at radius 2 is 1.84 bits per heavy atom. The fourth-order valence-electron chi connectivity index (χ4n) is 3.44. The Bertz CT molecular complexity index is 882. The van der Waals surface area contributed by atoms with Gasteiger partial charge in [0.25, 0.3) is 0 Å². The average Bonchev–Trinajstić information content (AvgIpc) is 3.10. The molecule has 5 heteroatoms. The van der Waals surface area contributed by atoms with Crippen LogP contribution in [0.3, 0.4) is 0 Å². The van der Waals surface area contributed by atoms with Gasteiger partial charge in [0.05, 0.1) is 17.2 Å². The molecule has 3 aromatic rings. The van der Waals surface area contributed by atoms with Crippen LogP contribution in [0.25, 0.3) is 11.0 Å². The molecule has 128 valence electrons. The van der Waals surface area contributed by atoms with E-state index in [9.17, 15) is 0 Å². The van der Waals surface area contributed by atoms with Gasteiger partial charge in [-0.05, 0) is 61.7 Å². The molecule has 0 unspecified atom stereocenters. The van der Waals surface area contributed by atoms with E-state index in [2.05, 4.69) is 43.8 Å². The van der Waals surface area contributed by atoms with Crippen molar-refractivity contribution in [3.05, 3.63) is 58.8 Å². The minimum absolute atomic E-state index is 0.358. The number of ether oxygens (including phenoxy) is 1. The van der Waals surface area contributed by atoms with E-state index in [0.717, 1.165) is 45.5 Å². The Labute approximate surface area is 156 Å². The van der Waals surface area contributed by atoms with Crippen LogP contribution in [0, 0.1) is 6.92 Å².